The van der Waals surface area contributed by atoms with Gasteiger partial charge in [0, 0.05) is 51.3 Å². The lowest BCUT2D eigenvalue weighted by Gasteiger charge is -2.40. The summed E-state index contributed by atoms with van der Waals surface area (Å²) < 4.78 is 11.3. The van der Waals surface area contributed by atoms with Crippen molar-refractivity contribution in [3.63, 3.8) is 0 Å². The summed E-state index contributed by atoms with van der Waals surface area (Å²) in [4.78, 5) is 10.2. The number of likely N-dealkylation sites (tertiary alicyclic amines) is 1. The molecule has 6 nitrogen and oxygen atoms in total. The summed E-state index contributed by atoms with van der Waals surface area (Å²) in [6, 6.07) is 11.5. The van der Waals surface area contributed by atoms with Gasteiger partial charge in [-0.3, -0.25) is 9.89 Å². The van der Waals surface area contributed by atoms with Crippen molar-refractivity contribution >= 4 is 29.9 Å². The molecule has 180 valence electrons. The van der Waals surface area contributed by atoms with Gasteiger partial charge in [0.15, 0.2) is 5.96 Å². The molecule has 7 heteroatoms. The van der Waals surface area contributed by atoms with Crippen LogP contribution in [0.25, 0.3) is 0 Å². The molecule has 4 rings (SSSR count). The van der Waals surface area contributed by atoms with Crippen molar-refractivity contribution in [2.24, 2.45) is 16.8 Å². The predicted octanol–water partition coefficient (Wildman–Crippen LogP) is 3.43. The quantitative estimate of drug-likeness (QED) is 0.331. The van der Waals surface area contributed by atoms with Crippen molar-refractivity contribution in [1.29, 1.82) is 0 Å². The van der Waals surface area contributed by atoms with Crippen LogP contribution in [0.1, 0.15) is 38.2 Å². The van der Waals surface area contributed by atoms with Gasteiger partial charge in [-0.1, -0.05) is 37.3 Å². The highest BCUT2D eigenvalue weighted by Gasteiger charge is 2.32. The van der Waals surface area contributed by atoms with Crippen LogP contribution in [-0.2, 0) is 9.47 Å². The smallest absolute Gasteiger partial charge is 0.193 e. The summed E-state index contributed by atoms with van der Waals surface area (Å²) in [6.45, 7) is 13.8. The lowest BCUT2D eigenvalue weighted by atomic mass is 9.82. The lowest BCUT2D eigenvalue weighted by molar-refractivity contribution is 0.00362. The molecule has 0 radical (unpaired) electrons. The SMILES string of the molecule is CCNC(=NCC(C1CCOC1)N1CCOCC1)N1CCC(c2ccccc2)C(C)C1.I. The van der Waals surface area contributed by atoms with Crippen molar-refractivity contribution in [2.45, 2.75) is 38.6 Å². The first kappa shape index (κ1) is 25.7. The fraction of sp³-hybridized carbons (Fsp3) is 0.720. The Balaban J connectivity index is 0.00000289. The maximum absolute atomic E-state index is 5.73. The van der Waals surface area contributed by atoms with Crippen LogP contribution in [0.15, 0.2) is 35.3 Å². The van der Waals surface area contributed by atoms with Gasteiger partial charge in [0.05, 0.1) is 26.4 Å². The maximum Gasteiger partial charge on any atom is 0.193 e. The number of nitrogens with one attached hydrogen (secondary N) is 1. The second-order valence-corrected chi connectivity index (χ2v) is 9.26. The highest BCUT2D eigenvalue weighted by atomic mass is 127. The lowest BCUT2D eigenvalue weighted by Crippen LogP contribution is -2.51. The number of hydrogen-bond acceptors (Lipinski definition) is 4. The molecule has 0 amide bonds. The van der Waals surface area contributed by atoms with Crippen LogP contribution >= 0.6 is 24.0 Å². The van der Waals surface area contributed by atoms with E-state index >= 15 is 0 Å². The molecule has 4 atom stereocenters. The Labute approximate surface area is 211 Å². The summed E-state index contributed by atoms with van der Waals surface area (Å²) in [6.07, 6.45) is 2.33. The van der Waals surface area contributed by atoms with Crippen molar-refractivity contribution in [3.05, 3.63) is 35.9 Å². The van der Waals surface area contributed by atoms with Gasteiger partial charge in [0.2, 0.25) is 0 Å². The van der Waals surface area contributed by atoms with Gasteiger partial charge in [-0.15, -0.1) is 24.0 Å². The molecule has 3 heterocycles. The maximum atomic E-state index is 5.73. The number of ether oxygens (including phenoxy) is 2. The van der Waals surface area contributed by atoms with E-state index in [2.05, 4.69) is 59.3 Å². The molecular formula is C25H41IN4O2. The molecule has 3 aliphatic heterocycles. The number of nitrogens with zero attached hydrogens (tertiary/aromatic N) is 3. The highest BCUT2D eigenvalue weighted by molar-refractivity contribution is 14.0. The molecule has 0 saturated carbocycles. The van der Waals surface area contributed by atoms with Crippen molar-refractivity contribution < 1.29 is 9.47 Å². The fourth-order valence-corrected chi connectivity index (χ4v) is 5.47. The first-order chi connectivity index (χ1) is 15.3. The van der Waals surface area contributed by atoms with E-state index in [1.54, 1.807) is 0 Å². The highest BCUT2D eigenvalue weighted by Crippen LogP contribution is 2.32. The second-order valence-electron chi connectivity index (χ2n) is 9.26. The van der Waals surface area contributed by atoms with Crippen LogP contribution in [0.4, 0.5) is 0 Å². The molecule has 1 aromatic carbocycles. The molecule has 32 heavy (non-hydrogen) atoms. The van der Waals surface area contributed by atoms with E-state index in [-0.39, 0.29) is 24.0 Å². The Morgan fingerprint density at radius 3 is 2.53 bits per heavy atom. The zero-order valence-corrected chi connectivity index (χ0v) is 22.1. The number of hydrogen-bond donors (Lipinski definition) is 1. The van der Waals surface area contributed by atoms with E-state index in [4.69, 9.17) is 14.5 Å². The Morgan fingerprint density at radius 2 is 1.88 bits per heavy atom. The van der Waals surface area contributed by atoms with Gasteiger partial charge in [-0.2, -0.15) is 0 Å². The first-order valence-electron chi connectivity index (χ1n) is 12.2. The minimum absolute atomic E-state index is 0. The number of guanidine groups is 1. The van der Waals surface area contributed by atoms with Crippen molar-refractivity contribution in [3.8, 4) is 0 Å². The largest absolute Gasteiger partial charge is 0.381 e. The summed E-state index contributed by atoms with van der Waals surface area (Å²) in [5, 5.41) is 3.58. The van der Waals surface area contributed by atoms with Crippen LogP contribution in [0.5, 0.6) is 0 Å². The van der Waals surface area contributed by atoms with Gasteiger partial charge in [-0.25, -0.2) is 0 Å². The summed E-state index contributed by atoms with van der Waals surface area (Å²) >= 11 is 0. The number of aliphatic imine (C=N–C) groups is 1. The van der Waals surface area contributed by atoms with Gasteiger partial charge in [-0.05, 0) is 37.2 Å². The molecule has 0 bridgehead atoms. The van der Waals surface area contributed by atoms with E-state index in [9.17, 15) is 0 Å². The molecule has 4 unspecified atom stereocenters. The molecule has 3 fully saturated rings. The Kier molecular flexibility index (Phi) is 10.5. The Bertz CT molecular complexity index is 692. The number of halogens is 1. The van der Waals surface area contributed by atoms with E-state index in [1.807, 2.05) is 0 Å². The van der Waals surface area contributed by atoms with Crippen LogP contribution in [0, 0.1) is 11.8 Å². The van der Waals surface area contributed by atoms with Crippen LogP contribution in [0.3, 0.4) is 0 Å². The predicted molar refractivity (Wildman–Crippen MR) is 141 cm³/mol. The van der Waals surface area contributed by atoms with Gasteiger partial charge in [0.25, 0.3) is 0 Å². The Hall–Kier alpha value is -0.900. The molecule has 1 aromatic rings. The van der Waals surface area contributed by atoms with E-state index in [0.29, 0.717) is 23.8 Å². The van der Waals surface area contributed by atoms with E-state index in [0.717, 1.165) is 78.1 Å². The van der Waals surface area contributed by atoms with Gasteiger partial charge < -0.3 is 19.7 Å². The topological polar surface area (TPSA) is 49.3 Å². The minimum Gasteiger partial charge on any atom is -0.381 e. The molecule has 0 spiro atoms. The monoisotopic (exact) mass is 556 g/mol. The van der Waals surface area contributed by atoms with E-state index in [1.165, 1.54) is 12.0 Å². The van der Waals surface area contributed by atoms with Crippen molar-refractivity contribution in [2.75, 3.05) is 65.7 Å². The second kappa shape index (κ2) is 13.1. The molecular weight excluding hydrogens is 515 g/mol. The fourth-order valence-electron chi connectivity index (χ4n) is 5.47. The van der Waals surface area contributed by atoms with Crippen LogP contribution in [-0.4, -0.2) is 87.5 Å². The normalized spacial score (nSPS) is 28.2. The van der Waals surface area contributed by atoms with Gasteiger partial charge >= 0.3 is 0 Å². The van der Waals surface area contributed by atoms with E-state index < -0.39 is 0 Å². The van der Waals surface area contributed by atoms with Crippen LogP contribution < -0.4 is 5.32 Å². The average molecular weight is 557 g/mol. The third-order valence-corrected chi connectivity index (χ3v) is 7.22. The number of benzene rings is 1. The number of morpholine rings is 1. The molecule has 3 saturated heterocycles. The number of piperidine rings is 1. The zero-order valence-electron chi connectivity index (χ0n) is 19.7. The standard InChI is InChI=1S/C25H40N4O2.HI/c1-3-26-25(29-11-9-23(20(2)18-29)21-7-5-4-6-8-21)27-17-24(22-10-14-31-19-22)28-12-15-30-16-13-28;/h4-8,20,22-24H,3,9-19H2,1-2H3,(H,26,27);1H. The average Bonchev–Trinajstić information content (AvgIpc) is 3.34. The Morgan fingerprint density at radius 1 is 1.09 bits per heavy atom. The summed E-state index contributed by atoms with van der Waals surface area (Å²) in [5.74, 6) is 2.90. The molecule has 0 aliphatic carbocycles. The third-order valence-electron chi connectivity index (χ3n) is 7.22. The molecule has 3 aliphatic rings. The third kappa shape index (κ3) is 6.58. The molecule has 1 N–H and O–H groups in total. The minimum atomic E-state index is 0. The van der Waals surface area contributed by atoms with Crippen LogP contribution in [0.2, 0.25) is 0 Å². The van der Waals surface area contributed by atoms with Crippen molar-refractivity contribution in [1.82, 2.24) is 15.1 Å². The number of rotatable bonds is 6. The summed E-state index contributed by atoms with van der Waals surface area (Å²) in [5.41, 5.74) is 1.48. The first-order valence-corrected chi connectivity index (χ1v) is 12.2. The zero-order chi connectivity index (χ0) is 21.5. The van der Waals surface area contributed by atoms with Gasteiger partial charge in [0.1, 0.15) is 0 Å². The summed E-state index contributed by atoms with van der Waals surface area (Å²) in [7, 11) is 0. The molecule has 0 aromatic heterocycles.